The minimum atomic E-state index is -0.437. The molecule has 1 aliphatic heterocycles. The summed E-state index contributed by atoms with van der Waals surface area (Å²) in [6.45, 7) is 1.69. The van der Waals surface area contributed by atoms with Gasteiger partial charge in [-0.2, -0.15) is 15.0 Å². The molecule has 2 aromatic rings. The van der Waals surface area contributed by atoms with Crippen molar-refractivity contribution in [3.8, 4) is 0 Å². The van der Waals surface area contributed by atoms with E-state index in [1.165, 1.54) is 5.06 Å². The van der Waals surface area contributed by atoms with Gasteiger partial charge in [0.05, 0.1) is 6.54 Å². The summed E-state index contributed by atoms with van der Waals surface area (Å²) in [6.07, 6.45) is 3.04. The average Bonchev–Trinajstić information content (AvgIpc) is 2.52. The Kier molecular flexibility index (Phi) is 3.45. The van der Waals surface area contributed by atoms with Crippen molar-refractivity contribution in [1.29, 1.82) is 0 Å². The molecule has 3 rings (SSSR count). The van der Waals surface area contributed by atoms with Crippen LogP contribution in [0, 0.1) is 0 Å². The third-order valence-corrected chi connectivity index (χ3v) is 3.78. The highest BCUT2D eigenvalue weighted by Crippen LogP contribution is 2.33. The average molecular weight is 272 g/mol. The Morgan fingerprint density at radius 2 is 1.85 bits per heavy atom. The maximum Gasteiger partial charge on any atom is 0.334 e. The Labute approximate surface area is 117 Å². The molecule has 1 fully saturated rings. The highest BCUT2D eigenvalue weighted by molar-refractivity contribution is 5.52. The Balaban J connectivity index is 2.09. The highest BCUT2D eigenvalue weighted by atomic mass is 16.5. The number of rotatable bonds is 2. The van der Waals surface area contributed by atoms with Crippen LogP contribution in [-0.2, 0) is 0 Å². The standard InChI is InChI=1S/C14H18N5O/c15-13-11-19(10-9-18(13)20,12-5-2-1-3-6-12)14-16-7-4-8-17-14/h1-8,13,20H,9-11,15H2/q+1. The predicted octanol–water partition coefficient (Wildman–Crippen LogP) is 1.11. The molecule has 6 nitrogen and oxygen atoms in total. The molecule has 6 heteroatoms. The Morgan fingerprint density at radius 3 is 2.50 bits per heavy atom. The zero-order valence-corrected chi connectivity index (χ0v) is 11.1. The Morgan fingerprint density at radius 1 is 1.15 bits per heavy atom. The maximum atomic E-state index is 9.76. The maximum absolute atomic E-state index is 9.76. The van der Waals surface area contributed by atoms with E-state index in [0.717, 1.165) is 5.69 Å². The smallest absolute Gasteiger partial charge is 0.312 e. The number of para-hydroxylation sites is 1. The van der Waals surface area contributed by atoms with Gasteiger partial charge in [0.25, 0.3) is 0 Å². The quantitative estimate of drug-likeness (QED) is 0.801. The molecule has 0 amide bonds. The molecule has 1 saturated heterocycles. The molecule has 1 aromatic carbocycles. The first-order valence-corrected chi connectivity index (χ1v) is 6.64. The summed E-state index contributed by atoms with van der Waals surface area (Å²) in [5, 5.41) is 10.9. The van der Waals surface area contributed by atoms with Gasteiger partial charge in [-0.25, -0.2) is 4.48 Å². The van der Waals surface area contributed by atoms with Crippen LogP contribution in [-0.4, -0.2) is 46.0 Å². The first kappa shape index (κ1) is 13.1. The summed E-state index contributed by atoms with van der Waals surface area (Å²) in [5.41, 5.74) is 7.12. The monoisotopic (exact) mass is 272 g/mol. The molecule has 0 bridgehead atoms. The summed E-state index contributed by atoms with van der Waals surface area (Å²) in [6, 6.07) is 11.9. The number of benzene rings is 1. The van der Waals surface area contributed by atoms with Crippen molar-refractivity contribution in [2.45, 2.75) is 6.17 Å². The second-order valence-corrected chi connectivity index (χ2v) is 4.99. The molecule has 2 heterocycles. The fourth-order valence-corrected chi connectivity index (χ4v) is 2.70. The number of nitrogens with zero attached hydrogens (tertiary/aromatic N) is 4. The fourth-order valence-electron chi connectivity index (χ4n) is 2.70. The van der Waals surface area contributed by atoms with Crippen molar-refractivity contribution in [2.75, 3.05) is 19.6 Å². The van der Waals surface area contributed by atoms with Gasteiger partial charge in [0.15, 0.2) is 0 Å². The van der Waals surface area contributed by atoms with Crippen LogP contribution >= 0.6 is 0 Å². The van der Waals surface area contributed by atoms with Crippen LogP contribution in [0.2, 0.25) is 0 Å². The van der Waals surface area contributed by atoms with Crippen LogP contribution in [0.4, 0.5) is 11.6 Å². The lowest BCUT2D eigenvalue weighted by Gasteiger charge is -2.42. The molecular formula is C14H18N5O+. The van der Waals surface area contributed by atoms with E-state index in [-0.39, 0.29) is 0 Å². The van der Waals surface area contributed by atoms with Gasteiger partial charge in [-0.3, -0.25) is 0 Å². The first-order chi connectivity index (χ1) is 9.72. The van der Waals surface area contributed by atoms with E-state index in [9.17, 15) is 5.21 Å². The molecule has 0 saturated carbocycles. The molecule has 0 aliphatic carbocycles. The van der Waals surface area contributed by atoms with Crippen LogP contribution < -0.4 is 10.2 Å². The number of nitrogens with two attached hydrogens (primary N) is 1. The lowest BCUT2D eigenvalue weighted by Crippen LogP contribution is -2.64. The zero-order chi connectivity index (χ0) is 14.0. The minimum absolute atomic E-state index is 0.437. The number of quaternary nitrogens is 1. The van der Waals surface area contributed by atoms with Gasteiger partial charge >= 0.3 is 5.95 Å². The predicted molar refractivity (Wildman–Crippen MR) is 76.1 cm³/mol. The van der Waals surface area contributed by atoms with E-state index in [1.54, 1.807) is 18.5 Å². The van der Waals surface area contributed by atoms with E-state index in [0.29, 0.717) is 30.1 Å². The van der Waals surface area contributed by atoms with Crippen molar-refractivity contribution in [3.05, 3.63) is 48.8 Å². The molecule has 104 valence electrons. The van der Waals surface area contributed by atoms with Gasteiger partial charge in [0, 0.05) is 12.4 Å². The van der Waals surface area contributed by atoms with Crippen LogP contribution in [0.25, 0.3) is 0 Å². The largest absolute Gasteiger partial charge is 0.334 e. The topological polar surface area (TPSA) is 75.3 Å². The summed E-state index contributed by atoms with van der Waals surface area (Å²) >= 11 is 0. The Hall–Kier alpha value is -1.86. The Bertz CT molecular complexity index is 523. The number of hydrogen-bond donors (Lipinski definition) is 2. The van der Waals surface area contributed by atoms with Gasteiger partial charge in [-0.15, -0.1) is 0 Å². The summed E-state index contributed by atoms with van der Waals surface area (Å²) in [7, 11) is 0. The second-order valence-electron chi connectivity index (χ2n) is 4.99. The number of piperazine rings is 1. The zero-order valence-electron chi connectivity index (χ0n) is 11.1. The summed E-state index contributed by atoms with van der Waals surface area (Å²) in [5.74, 6) is 0.710. The van der Waals surface area contributed by atoms with Gasteiger partial charge in [-0.05, 0) is 18.2 Å². The molecule has 2 unspecified atom stereocenters. The lowest BCUT2D eigenvalue weighted by atomic mass is 10.1. The van der Waals surface area contributed by atoms with Crippen LogP contribution in [0.15, 0.2) is 48.8 Å². The van der Waals surface area contributed by atoms with Gasteiger partial charge in [0.1, 0.15) is 24.9 Å². The SMILES string of the molecule is NC1C[N+](c2ccccc2)(c2ncccn2)CCN1O. The molecule has 20 heavy (non-hydrogen) atoms. The van der Waals surface area contributed by atoms with Crippen LogP contribution in [0.5, 0.6) is 0 Å². The van der Waals surface area contributed by atoms with Crippen molar-refractivity contribution in [2.24, 2.45) is 5.73 Å². The molecular weight excluding hydrogens is 254 g/mol. The summed E-state index contributed by atoms with van der Waals surface area (Å²) < 4.78 is 0.458. The highest BCUT2D eigenvalue weighted by Gasteiger charge is 2.43. The van der Waals surface area contributed by atoms with Crippen molar-refractivity contribution in [1.82, 2.24) is 19.5 Å². The van der Waals surface area contributed by atoms with Gasteiger partial charge < -0.3 is 10.9 Å². The normalized spacial score (nSPS) is 27.4. The molecule has 1 aromatic heterocycles. The third-order valence-electron chi connectivity index (χ3n) is 3.78. The van der Waals surface area contributed by atoms with E-state index >= 15 is 0 Å². The van der Waals surface area contributed by atoms with Gasteiger partial charge in [0.2, 0.25) is 0 Å². The van der Waals surface area contributed by atoms with Crippen LogP contribution in [0.1, 0.15) is 0 Å². The van der Waals surface area contributed by atoms with Crippen molar-refractivity contribution < 1.29 is 5.21 Å². The van der Waals surface area contributed by atoms with Gasteiger partial charge in [-0.1, -0.05) is 18.2 Å². The molecule has 1 aliphatic rings. The number of hydrogen-bond acceptors (Lipinski definition) is 5. The second kappa shape index (κ2) is 5.26. The summed E-state index contributed by atoms with van der Waals surface area (Å²) in [4.78, 5) is 8.83. The number of aromatic nitrogens is 2. The van der Waals surface area contributed by atoms with Crippen LogP contribution in [0.3, 0.4) is 0 Å². The molecule has 0 radical (unpaired) electrons. The molecule has 2 atom stereocenters. The number of hydroxylamine groups is 2. The molecule has 0 spiro atoms. The third kappa shape index (κ3) is 2.19. The lowest BCUT2D eigenvalue weighted by molar-refractivity contribution is -0.146. The minimum Gasteiger partial charge on any atom is -0.312 e. The van der Waals surface area contributed by atoms with E-state index < -0.39 is 6.17 Å². The molecule has 3 N–H and O–H groups in total. The van der Waals surface area contributed by atoms with Crippen molar-refractivity contribution in [3.63, 3.8) is 0 Å². The van der Waals surface area contributed by atoms with E-state index in [2.05, 4.69) is 22.1 Å². The van der Waals surface area contributed by atoms with E-state index in [4.69, 9.17) is 5.73 Å². The first-order valence-electron chi connectivity index (χ1n) is 6.64. The fraction of sp³-hybridized carbons (Fsp3) is 0.286. The van der Waals surface area contributed by atoms with E-state index in [1.807, 2.05) is 18.2 Å². The van der Waals surface area contributed by atoms with Crippen molar-refractivity contribution >= 4 is 11.6 Å².